The fourth-order valence-electron chi connectivity index (χ4n) is 4.23. The molecule has 1 heterocycles. The Bertz CT molecular complexity index is 1200. The fourth-order valence-corrected chi connectivity index (χ4v) is 4.73. The molecule has 3 aromatic rings. The summed E-state index contributed by atoms with van der Waals surface area (Å²) in [6.45, 7) is 0. The van der Waals surface area contributed by atoms with Gasteiger partial charge in [0, 0.05) is 19.2 Å². The molecule has 1 amide bonds. The van der Waals surface area contributed by atoms with Gasteiger partial charge in [-0.1, -0.05) is 29.3 Å². The van der Waals surface area contributed by atoms with Crippen LogP contribution in [0.15, 0.2) is 30.3 Å². The minimum Gasteiger partial charge on any atom is -0.496 e. The number of amides is 1. The average Bonchev–Trinajstić information content (AvgIpc) is 3.09. The van der Waals surface area contributed by atoms with Crippen LogP contribution in [0, 0.1) is 5.92 Å². The average molecular weight is 515 g/mol. The summed E-state index contributed by atoms with van der Waals surface area (Å²) in [4.78, 5) is 17.6. The Morgan fingerprint density at radius 2 is 1.79 bits per heavy atom. The Labute approximate surface area is 204 Å². The Morgan fingerprint density at radius 1 is 1.15 bits per heavy atom. The molecular formula is C23H23Cl2F3N4O2. The van der Waals surface area contributed by atoms with Crippen LogP contribution in [-0.4, -0.2) is 34.8 Å². The molecule has 182 valence electrons. The number of hydrogen-bond donors (Lipinski definition) is 2. The number of nitrogens with zero attached hydrogens (tertiary/aromatic N) is 2. The van der Waals surface area contributed by atoms with E-state index in [1.54, 1.807) is 41.9 Å². The molecule has 2 N–H and O–H groups in total. The van der Waals surface area contributed by atoms with Crippen LogP contribution in [0.1, 0.15) is 36.0 Å². The van der Waals surface area contributed by atoms with Crippen LogP contribution >= 0.6 is 23.2 Å². The van der Waals surface area contributed by atoms with E-state index in [1.807, 2.05) is 0 Å². The largest absolute Gasteiger partial charge is 0.496 e. The lowest BCUT2D eigenvalue weighted by Gasteiger charge is -2.30. The Morgan fingerprint density at radius 3 is 2.38 bits per heavy atom. The van der Waals surface area contributed by atoms with Crippen molar-refractivity contribution in [1.29, 1.82) is 0 Å². The number of fused-ring (bicyclic) bond motifs is 1. The van der Waals surface area contributed by atoms with E-state index in [2.05, 4.69) is 15.6 Å². The number of carbonyl (C=O) groups excluding carboxylic acids is 1. The highest BCUT2D eigenvalue weighted by molar-refractivity contribution is 6.39. The number of aryl methyl sites for hydroxylation is 1. The summed E-state index contributed by atoms with van der Waals surface area (Å²) >= 11 is 12.5. The summed E-state index contributed by atoms with van der Waals surface area (Å²) < 4.78 is 46.0. The molecule has 1 aliphatic carbocycles. The monoisotopic (exact) mass is 514 g/mol. The van der Waals surface area contributed by atoms with Gasteiger partial charge in [0.2, 0.25) is 5.95 Å². The first-order valence-electron chi connectivity index (χ1n) is 10.7. The van der Waals surface area contributed by atoms with Crippen molar-refractivity contribution in [2.45, 2.75) is 37.9 Å². The highest BCUT2D eigenvalue weighted by Gasteiger charge is 2.41. The number of anilines is 2. The molecule has 0 spiro atoms. The van der Waals surface area contributed by atoms with Gasteiger partial charge in [-0.05, 0) is 43.9 Å². The highest BCUT2D eigenvalue weighted by atomic mass is 35.5. The lowest BCUT2D eigenvalue weighted by Crippen LogP contribution is -2.40. The second-order valence-electron chi connectivity index (χ2n) is 8.32. The summed E-state index contributed by atoms with van der Waals surface area (Å²) in [6, 6.07) is 8.10. The first-order valence-corrected chi connectivity index (χ1v) is 11.5. The van der Waals surface area contributed by atoms with Crippen molar-refractivity contribution in [3.63, 3.8) is 0 Å². The maximum Gasteiger partial charge on any atom is 0.391 e. The first kappa shape index (κ1) is 24.5. The molecule has 2 aromatic carbocycles. The SMILES string of the molecule is COc1cc2c(cc1C(=O)N[C@H]1CC[C@H](C(F)(F)F)CC1)nc(Nc1c(Cl)cccc1Cl)n2C. The molecule has 1 aromatic heterocycles. The molecule has 0 unspecified atom stereocenters. The number of hydrogen-bond acceptors (Lipinski definition) is 4. The smallest absolute Gasteiger partial charge is 0.391 e. The Hall–Kier alpha value is -2.65. The number of halogens is 5. The first-order chi connectivity index (χ1) is 16.1. The fraction of sp³-hybridized carbons (Fsp3) is 0.391. The van der Waals surface area contributed by atoms with Crippen LogP contribution in [0.2, 0.25) is 10.0 Å². The van der Waals surface area contributed by atoms with Crippen molar-refractivity contribution in [2.24, 2.45) is 13.0 Å². The minimum atomic E-state index is -4.19. The summed E-state index contributed by atoms with van der Waals surface area (Å²) in [5, 5.41) is 6.83. The molecule has 0 aliphatic heterocycles. The van der Waals surface area contributed by atoms with Crippen LogP contribution in [0.3, 0.4) is 0 Å². The van der Waals surface area contributed by atoms with E-state index < -0.39 is 18.0 Å². The van der Waals surface area contributed by atoms with Crippen molar-refractivity contribution in [1.82, 2.24) is 14.9 Å². The standard InChI is InChI=1S/C23H23Cl2F3N4O2/c1-32-18-11-19(34-2)14(21(33)29-13-8-6-12(7-9-13)23(26,27)28)10-17(18)30-22(32)31-20-15(24)4-3-5-16(20)25/h3-5,10-13H,6-9H2,1-2H3,(H,29,33)(H,30,31)/t12-,13-. The van der Waals surface area contributed by atoms with Gasteiger partial charge in [-0.3, -0.25) is 4.79 Å². The molecule has 1 saturated carbocycles. The molecular weight excluding hydrogens is 492 g/mol. The maximum absolute atomic E-state index is 13.0. The number of alkyl halides is 3. The third kappa shape index (κ3) is 4.90. The van der Waals surface area contributed by atoms with Crippen molar-refractivity contribution < 1.29 is 22.7 Å². The summed E-state index contributed by atoms with van der Waals surface area (Å²) in [5.74, 6) is -0.935. The van der Waals surface area contributed by atoms with Crippen molar-refractivity contribution >= 4 is 51.8 Å². The number of methoxy groups -OCH3 is 1. The van der Waals surface area contributed by atoms with Gasteiger partial charge in [0.15, 0.2) is 0 Å². The van der Waals surface area contributed by atoms with E-state index in [0.29, 0.717) is 38.5 Å². The predicted molar refractivity (Wildman–Crippen MR) is 126 cm³/mol. The number of ether oxygens (including phenoxy) is 1. The van der Waals surface area contributed by atoms with Gasteiger partial charge in [0.1, 0.15) is 5.75 Å². The second-order valence-corrected chi connectivity index (χ2v) is 9.14. The van der Waals surface area contributed by atoms with Crippen LogP contribution < -0.4 is 15.4 Å². The molecule has 6 nitrogen and oxygen atoms in total. The predicted octanol–water partition coefficient (Wildman–Crippen LogP) is 6.48. The number of carbonyl (C=O) groups is 1. The summed E-state index contributed by atoms with van der Waals surface area (Å²) in [7, 11) is 3.24. The lowest BCUT2D eigenvalue weighted by atomic mass is 9.85. The highest BCUT2D eigenvalue weighted by Crippen LogP contribution is 2.38. The van der Waals surface area contributed by atoms with E-state index in [4.69, 9.17) is 27.9 Å². The molecule has 11 heteroatoms. The third-order valence-corrected chi connectivity index (χ3v) is 6.80. The molecule has 0 radical (unpaired) electrons. The van der Waals surface area contributed by atoms with Crippen LogP contribution in [0.25, 0.3) is 11.0 Å². The topological polar surface area (TPSA) is 68.2 Å². The number of imidazole rings is 1. The quantitative estimate of drug-likeness (QED) is 0.408. The van der Waals surface area contributed by atoms with Crippen LogP contribution in [0.4, 0.5) is 24.8 Å². The Kier molecular flexibility index (Phi) is 6.87. The normalized spacial score (nSPS) is 18.7. The number of aromatic nitrogens is 2. The van der Waals surface area contributed by atoms with Crippen LogP contribution in [0.5, 0.6) is 5.75 Å². The number of benzene rings is 2. The van der Waals surface area contributed by atoms with Gasteiger partial charge in [0.25, 0.3) is 5.91 Å². The van der Waals surface area contributed by atoms with Crippen molar-refractivity contribution in [3.8, 4) is 5.75 Å². The van der Waals surface area contributed by atoms with Gasteiger partial charge in [-0.25, -0.2) is 4.98 Å². The molecule has 1 fully saturated rings. The number of rotatable bonds is 5. The number of nitrogens with one attached hydrogen (secondary N) is 2. The minimum absolute atomic E-state index is 0.00446. The zero-order chi connectivity index (χ0) is 24.6. The van der Waals surface area contributed by atoms with Crippen molar-refractivity contribution in [2.75, 3.05) is 12.4 Å². The Balaban J connectivity index is 1.57. The lowest BCUT2D eigenvalue weighted by molar-refractivity contribution is -0.182. The zero-order valence-corrected chi connectivity index (χ0v) is 20.0. The van der Waals surface area contributed by atoms with E-state index in [9.17, 15) is 18.0 Å². The summed E-state index contributed by atoms with van der Waals surface area (Å²) in [6.07, 6.45) is -3.63. The van der Waals surface area contributed by atoms with Crippen molar-refractivity contribution in [3.05, 3.63) is 45.9 Å². The van der Waals surface area contributed by atoms with E-state index in [1.165, 1.54) is 7.11 Å². The van der Waals surface area contributed by atoms with E-state index in [0.717, 1.165) is 0 Å². The third-order valence-electron chi connectivity index (χ3n) is 6.17. The molecule has 34 heavy (non-hydrogen) atoms. The van der Waals surface area contributed by atoms with Gasteiger partial charge in [-0.2, -0.15) is 13.2 Å². The second kappa shape index (κ2) is 9.54. The molecule has 1 aliphatic rings. The van der Waals surface area contributed by atoms with Gasteiger partial charge in [-0.15, -0.1) is 0 Å². The summed E-state index contributed by atoms with van der Waals surface area (Å²) in [5.41, 5.74) is 1.99. The maximum atomic E-state index is 13.0. The van der Waals surface area contributed by atoms with Gasteiger partial charge < -0.3 is 19.9 Å². The zero-order valence-electron chi connectivity index (χ0n) is 18.5. The molecule has 0 bridgehead atoms. The molecule has 4 rings (SSSR count). The van der Waals surface area contributed by atoms with E-state index in [-0.39, 0.29) is 37.3 Å². The van der Waals surface area contributed by atoms with Crippen LogP contribution in [-0.2, 0) is 7.05 Å². The molecule has 0 saturated heterocycles. The van der Waals surface area contributed by atoms with E-state index >= 15 is 0 Å². The number of para-hydroxylation sites is 1. The molecule has 0 atom stereocenters. The van der Waals surface area contributed by atoms with Gasteiger partial charge >= 0.3 is 6.18 Å². The van der Waals surface area contributed by atoms with Gasteiger partial charge in [0.05, 0.1) is 45.4 Å².